The number of benzene rings is 2. The Morgan fingerprint density at radius 2 is 1.94 bits per heavy atom. The Morgan fingerprint density at radius 1 is 1.19 bits per heavy atom. The van der Waals surface area contributed by atoms with Crippen LogP contribution in [-0.4, -0.2) is 57.2 Å². The van der Waals surface area contributed by atoms with Crippen molar-refractivity contribution in [3.8, 4) is 11.5 Å². The van der Waals surface area contributed by atoms with Crippen LogP contribution < -0.4 is 11.1 Å². The molecule has 0 fully saturated rings. The highest BCUT2D eigenvalue weighted by Gasteiger charge is 2.23. The molecule has 1 amide bonds. The summed E-state index contributed by atoms with van der Waals surface area (Å²) >= 11 is 0. The zero-order valence-electron chi connectivity index (χ0n) is 17.3. The van der Waals surface area contributed by atoms with E-state index < -0.39 is 0 Å². The molecule has 10 heteroatoms. The van der Waals surface area contributed by atoms with Crippen LogP contribution in [0.1, 0.15) is 22.3 Å². The van der Waals surface area contributed by atoms with Gasteiger partial charge in [0.15, 0.2) is 17.1 Å². The highest BCUT2D eigenvalue weighted by Crippen LogP contribution is 2.28. The number of nitrogen functional groups attached to an aromatic ring is 1. The van der Waals surface area contributed by atoms with Crippen LogP contribution in [-0.2, 0) is 4.74 Å². The first-order chi connectivity index (χ1) is 15.5. The number of aromatic hydroxyl groups is 2. The summed E-state index contributed by atoms with van der Waals surface area (Å²) in [4.78, 5) is 22.1. The van der Waals surface area contributed by atoms with Gasteiger partial charge in [-0.2, -0.15) is 9.78 Å². The molecule has 164 valence electrons. The molecule has 0 radical (unpaired) electrons. The van der Waals surface area contributed by atoms with E-state index in [4.69, 9.17) is 10.5 Å². The monoisotopic (exact) mass is 434 g/mol. The second kappa shape index (κ2) is 8.90. The van der Waals surface area contributed by atoms with Gasteiger partial charge in [0.05, 0.1) is 17.2 Å². The lowest BCUT2D eigenvalue weighted by Crippen LogP contribution is -2.26. The first-order valence-electron chi connectivity index (χ1n) is 9.89. The fraction of sp³-hybridized carbons (Fsp3) is 0.182. The average Bonchev–Trinajstić information content (AvgIpc) is 3.06. The summed E-state index contributed by atoms with van der Waals surface area (Å²) in [5, 5.41) is 26.4. The molecule has 0 saturated heterocycles. The number of phenolic OH excluding ortho intramolecular Hbond substituents is 2. The van der Waals surface area contributed by atoms with Crippen molar-refractivity contribution in [3.63, 3.8) is 0 Å². The number of phenols is 2. The highest BCUT2D eigenvalue weighted by molar-refractivity contribution is 6.10. The highest BCUT2D eigenvalue weighted by atomic mass is 16.5. The molecule has 0 aliphatic carbocycles. The predicted molar refractivity (Wildman–Crippen MR) is 121 cm³/mol. The van der Waals surface area contributed by atoms with Crippen molar-refractivity contribution < 1.29 is 19.7 Å². The molecule has 10 nitrogen and oxygen atoms in total. The Kier molecular flexibility index (Phi) is 5.86. The fourth-order valence-electron chi connectivity index (χ4n) is 3.24. The smallest absolute Gasteiger partial charge is 0.257 e. The zero-order chi connectivity index (χ0) is 22.7. The number of rotatable bonds is 7. The molecular weight excluding hydrogens is 412 g/mol. The van der Waals surface area contributed by atoms with E-state index in [1.807, 2.05) is 18.2 Å². The van der Waals surface area contributed by atoms with Gasteiger partial charge in [-0.05, 0) is 42.3 Å². The van der Waals surface area contributed by atoms with Gasteiger partial charge < -0.3 is 26.0 Å². The second-order valence-corrected chi connectivity index (χ2v) is 7.05. The van der Waals surface area contributed by atoms with Crippen LogP contribution in [0.2, 0.25) is 0 Å². The van der Waals surface area contributed by atoms with Gasteiger partial charge in [0, 0.05) is 20.3 Å². The Hall–Kier alpha value is -4.18. The number of fused-ring (bicyclic) bond motifs is 2. The maximum Gasteiger partial charge on any atom is 0.257 e. The van der Waals surface area contributed by atoms with Crippen LogP contribution in [0.4, 0.5) is 5.82 Å². The number of anilines is 1. The van der Waals surface area contributed by atoms with Crippen LogP contribution >= 0.6 is 0 Å². The number of hydrogen-bond donors (Lipinski definition) is 4. The number of aromatic nitrogens is 3. The van der Waals surface area contributed by atoms with Crippen molar-refractivity contribution in [2.75, 3.05) is 26.0 Å². The van der Waals surface area contributed by atoms with Crippen molar-refractivity contribution in [1.82, 2.24) is 20.0 Å². The van der Waals surface area contributed by atoms with E-state index in [1.54, 1.807) is 19.2 Å². The third-order valence-corrected chi connectivity index (χ3v) is 4.83. The standard InChI is InChI=1S/C22H22N6O4/c1-32-10-4-9-24-22(31)18-19-21(27-15-6-3-2-5-14(15)26-19)28(20(18)23)25-12-13-7-8-16(29)17(30)11-13/h2-3,5-8,11-12,29-30H,4,9-10,23H2,1H3,(H,24,31). The molecule has 0 aliphatic rings. The largest absolute Gasteiger partial charge is 0.504 e. The van der Waals surface area contributed by atoms with Crippen molar-refractivity contribution in [2.24, 2.45) is 5.10 Å². The Balaban J connectivity index is 1.81. The summed E-state index contributed by atoms with van der Waals surface area (Å²) in [7, 11) is 1.60. The SMILES string of the molecule is COCCCNC(=O)c1c(N)n(N=Cc2ccc(O)c(O)c2)c2nc3ccccc3nc12. The first kappa shape index (κ1) is 21.1. The van der Waals surface area contributed by atoms with Crippen molar-refractivity contribution in [1.29, 1.82) is 0 Å². The minimum atomic E-state index is -0.385. The van der Waals surface area contributed by atoms with Gasteiger partial charge in [0.2, 0.25) is 0 Å². The lowest BCUT2D eigenvalue weighted by Gasteiger charge is -2.05. The number of nitrogens with one attached hydrogen (secondary N) is 1. The summed E-state index contributed by atoms with van der Waals surface area (Å²) in [5.41, 5.74) is 8.92. The summed E-state index contributed by atoms with van der Waals surface area (Å²) in [6.45, 7) is 0.932. The number of ether oxygens (including phenoxy) is 1. The van der Waals surface area contributed by atoms with Crippen LogP contribution in [0.15, 0.2) is 47.6 Å². The molecule has 0 atom stereocenters. The molecule has 4 aromatic rings. The van der Waals surface area contributed by atoms with Gasteiger partial charge in [0.25, 0.3) is 5.91 Å². The lowest BCUT2D eigenvalue weighted by atomic mass is 10.2. The Labute approximate surface area is 183 Å². The lowest BCUT2D eigenvalue weighted by molar-refractivity contribution is 0.0951. The first-order valence-corrected chi connectivity index (χ1v) is 9.89. The summed E-state index contributed by atoms with van der Waals surface area (Å²) in [6.07, 6.45) is 2.09. The predicted octanol–water partition coefficient (Wildman–Crippen LogP) is 2.23. The zero-order valence-corrected chi connectivity index (χ0v) is 17.3. The minimum Gasteiger partial charge on any atom is -0.504 e. The number of carbonyl (C=O) groups excluding carboxylic acids is 1. The van der Waals surface area contributed by atoms with Gasteiger partial charge in [0.1, 0.15) is 16.9 Å². The second-order valence-electron chi connectivity index (χ2n) is 7.05. The Bertz CT molecular complexity index is 1330. The number of carbonyl (C=O) groups is 1. The van der Waals surface area contributed by atoms with E-state index in [-0.39, 0.29) is 28.8 Å². The average molecular weight is 434 g/mol. The van der Waals surface area contributed by atoms with Crippen LogP contribution in [0.5, 0.6) is 11.5 Å². The number of amides is 1. The third-order valence-electron chi connectivity index (χ3n) is 4.83. The van der Waals surface area contributed by atoms with E-state index in [1.165, 1.54) is 23.0 Å². The van der Waals surface area contributed by atoms with E-state index >= 15 is 0 Å². The van der Waals surface area contributed by atoms with E-state index in [0.29, 0.717) is 47.3 Å². The topological polar surface area (TPSA) is 148 Å². The van der Waals surface area contributed by atoms with Crippen LogP contribution in [0, 0.1) is 0 Å². The quantitative estimate of drug-likeness (QED) is 0.198. The number of nitrogens with zero attached hydrogens (tertiary/aromatic N) is 4. The van der Waals surface area contributed by atoms with Gasteiger partial charge in [-0.1, -0.05) is 12.1 Å². The fourth-order valence-corrected chi connectivity index (χ4v) is 3.24. The van der Waals surface area contributed by atoms with Crippen molar-refractivity contribution >= 4 is 40.1 Å². The molecule has 0 spiro atoms. The van der Waals surface area contributed by atoms with Gasteiger partial charge >= 0.3 is 0 Å². The van der Waals surface area contributed by atoms with Gasteiger partial charge in [-0.25, -0.2) is 9.97 Å². The number of nitrogens with two attached hydrogens (primary N) is 1. The molecule has 5 N–H and O–H groups in total. The maximum atomic E-state index is 12.9. The molecule has 32 heavy (non-hydrogen) atoms. The Morgan fingerprint density at radius 3 is 2.66 bits per heavy atom. The van der Waals surface area contributed by atoms with Crippen molar-refractivity contribution in [2.45, 2.75) is 6.42 Å². The minimum absolute atomic E-state index is 0.0822. The molecule has 0 unspecified atom stereocenters. The van der Waals surface area contributed by atoms with Gasteiger partial charge in [-0.15, -0.1) is 0 Å². The summed E-state index contributed by atoms with van der Waals surface area (Å²) < 4.78 is 6.35. The molecule has 2 heterocycles. The van der Waals surface area contributed by atoms with Gasteiger partial charge in [-0.3, -0.25) is 4.79 Å². The molecule has 4 rings (SSSR count). The molecule has 2 aromatic heterocycles. The molecule has 0 aliphatic heterocycles. The number of para-hydroxylation sites is 2. The number of hydrogen-bond acceptors (Lipinski definition) is 8. The maximum absolute atomic E-state index is 12.9. The summed E-state index contributed by atoms with van der Waals surface area (Å²) in [5.74, 6) is -0.817. The van der Waals surface area contributed by atoms with Crippen LogP contribution in [0.25, 0.3) is 22.2 Å². The summed E-state index contributed by atoms with van der Waals surface area (Å²) in [6, 6.07) is 11.6. The molecule has 0 saturated carbocycles. The molecule has 2 aromatic carbocycles. The molecular formula is C22H22N6O4. The van der Waals surface area contributed by atoms with Crippen molar-refractivity contribution in [3.05, 3.63) is 53.6 Å². The third kappa shape index (κ3) is 4.03. The van der Waals surface area contributed by atoms with E-state index in [9.17, 15) is 15.0 Å². The van der Waals surface area contributed by atoms with E-state index in [2.05, 4.69) is 20.4 Å². The molecule has 0 bridgehead atoms. The van der Waals surface area contributed by atoms with E-state index in [0.717, 1.165) is 0 Å². The van der Waals surface area contributed by atoms with Crippen LogP contribution in [0.3, 0.4) is 0 Å². The number of methoxy groups -OCH3 is 1. The normalized spacial score (nSPS) is 11.5.